The van der Waals surface area contributed by atoms with Crippen LogP contribution < -0.4 is 5.30 Å². The van der Waals surface area contributed by atoms with E-state index in [9.17, 15) is 9.59 Å². The molecule has 4 aliphatic rings. The average molecular weight is 962 g/mol. The first-order valence-electron chi connectivity index (χ1n) is 22.6. The Labute approximate surface area is 376 Å². The molecule has 0 spiro atoms. The monoisotopic (exact) mass is 960 g/mol. The minimum atomic E-state index is -1.85. The van der Waals surface area contributed by atoms with Crippen LogP contribution in [0.2, 0.25) is 137 Å². The number of carbonyl (C=O) groups excluding carboxylic acids is 2. The maximum atomic E-state index is 14.3. The van der Waals surface area contributed by atoms with Crippen LogP contribution in [0.4, 0.5) is 0 Å². The number of rotatable bonds is 12. The third-order valence-corrected chi connectivity index (χ3v) is 58.1. The molecule has 2 unspecified atom stereocenters. The molecule has 3 aromatic carbocycles. The molecule has 1 aliphatic heterocycles. The van der Waals surface area contributed by atoms with E-state index < -0.39 is 73.5 Å². The lowest BCUT2D eigenvalue weighted by atomic mass is 9.54. The van der Waals surface area contributed by atoms with Crippen molar-refractivity contribution in [2.24, 2.45) is 11.8 Å². The molecular weight excluding hydrogens is 883 g/mol. The molecule has 1 fully saturated rings. The highest BCUT2D eigenvalue weighted by atomic mass is 31.7. The lowest BCUT2D eigenvalue weighted by molar-refractivity contribution is -0.153. The van der Waals surface area contributed by atoms with E-state index in [1.54, 1.807) is 22.0 Å². The smallest absolute Gasteiger partial charge is 0.319 e. The van der Waals surface area contributed by atoms with Crippen LogP contribution in [-0.4, -0.2) is 68.5 Å². The fraction of sp³-hybridized carbons (Fsp3) is 0.583. The van der Waals surface area contributed by atoms with E-state index in [0.29, 0.717) is 10.3 Å². The van der Waals surface area contributed by atoms with Crippen LogP contribution in [0.25, 0.3) is 0 Å². The maximum Gasteiger partial charge on any atom is 0.319 e. The molecule has 3 aromatic rings. The van der Waals surface area contributed by atoms with Crippen LogP contribution >= 0.6 is 15.7 Å². The number of carbonyl (C=O) groups is 2. The SMILES string of the molecule is C[Si](C)(C)C(c1cc(C([Si](C)(C)C)([Si](C)(C)C)[Si](C)(C)C)cc(C([Si](C)(C)C)[Si](C)(C)C)c1P=PC12c3ccccc3C(c3ccccc31)C1C(=O)OC(=O)C12)[Si](C)(C)C. The molecule has 0 aromatic heterocycles. The molecule has 3 nitrogen and oxygen atoms in total. The number of hydrogen-bond donors (Lipinski definition) is 0. The zero-order valence-corrected chi connectivity index (χ0v) is 50.1. The van der Waals surface area contributed by atoms with E-state index >= 15 is 0 Å². The first-order valence-corrected chi connectivity index (χ1v) is 49.9. The van der Waals surface area contributed by atoms with E-state index in [-0.39, 0.29) is 22.1 Å². The van der Waals surface area contributed by atoms with Gasteiger partial charge in [-0.1, -0.05) is 206 Å². The van der Waals surface area contributed by atoms with Crippen LogP contribution in [0.15, 0.2) is 60.7 Å². The summed E-state index contributed by atoms with van der Waals surface area (Å²) >= 11 is 0. The number of cyclic esters (lactones) is 2. The molecule has 0 N–H and O–H groups in total. The summed E-state index contributed by atoms with van der Waals surface area (Å²) in [4.78, 5) is 28.3. The normalized spacial score (nSPS) is 22.8. The fourth-order valence-electron chi connectivity index (χ4n) is 15.4. The summed E-state index contributed by atoms with van der Waals surface area (Å²) in [6.45, 7) is 56.2. The van der Waals surface area contributed by atoms with Gasteiger partial charge < -0.3 is 4.74 Å². The Kier molecular flexibility index (Phi) is 12.3. The van der Waals surface area contributed by atoms with Gasteiger partial charge in [0.15, 0.2) is 0 Å². The van der Waals surface area contributed by atoms with Gasteiger partial charge in [0.2, 0.25) is 0 Å². The van der Waals surface area contributed by atoms with E-state index in [0.717, 1.165) is 7.87 Å². The lowest BCUT2D eigenvalue weighted by Crippen LogP contribution is -2.74. The molecular formula is C48H78O3P2Si7. The molecule has 1 saturated heterocycles. The van der Waals surface area contributed by atoms with Crippen LogP contribution in [0.5, 0.6) is 0 Å². The molecule has 0 radical (unpaired) electrons. The fourth-order valence-corrected chi connectivity index (χ4v) is 75.7. The van der Waals surface area contributed by atoms with Crippen molar-refractivity contribution in [3.8, 4) is 0 Å². The van der Waals surface area contributed by atoms with Gasteiger partial charge in [-0.25, -0.2) is 0 Å². The Bertz CT molecular complexity index is 2070. The van der Waals surface area contributed by atoms with Crippen LogP contribution in [0.3, 0.4) is 0 Å². The molecule has 1 heterocycles. The minimum absolute atomic E-state index is 0.162. The molecule has 2 bridgehead atoms. The van der Waals surface area contributed by atoms with Crippen molar-refractivity contribution in [2.45, 2.75) is 163 Å². The van der Waals surface area contributed by atoms with Gasteiger partial charge in [0.05, 0.1) is 17.0 Å². The summed E-state index contributed by atoms with van der Waals surface area (Å²) < 4.78 is 5.97. The van der Waals surface area contributed by atoms with Crippen LogP contribution in [0, 0.1) is 11.8 Å². The summed E-state index contributed by atoms with van der Waals surface area (Å²) in [6.07, 6.45) is 0. The standard InChI is InChI=1S/C48H78O3P2Si7/c1-54(2,3)45(55(4,5)6)35-30-32(48(58(13,14)15,59(16,17)18)60(19,20)21)31-36(46(56(7,8)9)57(10,11)12)42(35)52-53-47-37-28-24-22-26-33(37)39(34-27-23-25-29-38(34)47)40-41(47)44(50)51-43(40)49/h22-31,39-41,45-46H,1-21H3. The molecule has 7 rings (SSSR count). The van der Waals surface area contributed by atoms with E-state index in [4.69, 9.17) is 4.74 Å². The van der Waals surface area contributed by atoms with Crippen molar-refractivity contribution in [3.05, 3.63) is 99.6 Å². The van der Waals surface area contributed by atoms with Gasteiger partial charge in [0.1, 0.15) is 0 Å². The third-order valence-electron chi connectivity index (χ3n) is 14.7. The highest BCUT2D eigenvalue weighted by Crippen LogP contribution is 2.69. The van der Waals surface area contributed by atoms with Gasteiger partial charge in [0, 0.05) is 67.7 Å². The van der Waals surface area contributed by atoms with Crippen LogP contribution in [0.1, 0.15) is 55.2 Å². The molecule has 0 amide bonds. The van der Waals surface area contributed by atoms with Gasteiger partial charge in [-0.15, -0.1) is 0 Å². The summed E-state index contributed by atoms with van der Waals surface area (Å²) in [5.41, 5.74) is 9.91. The summed E-state index contributed by atoms with van der Waals surface area (Å²) in [7, 11) is -10.4. The second-order valence-corrected chi connectivity index (χ2v) is 68.6. The van der Waals surface area contributed by atoms with Gasteiger partial charge in [-0.05, 0) is 61.4 Å². The molecule has 3 aliphatic carbocycles. The Balaban J connectivity index is 1.88. The highest BCUT2D eigenvalue weighted by molar-refractivity contribution is 7.88. The number of benzene rings is 3. The van der Waals surface area contributed by atoms with Crippen molar-refractivity contribution in [2.75, 3.05) is 0 Å². The number of esters is 2. The highest BCUT2D eigenvalue weighted by Gasteiger charge is 2.67. The first-order chi connectivity index (χ1) is 27.1. The predicted octanol–water partition coefficient (Wildman–Crippen LogP) is 14.4. The Morgan fingerprint density at radius 3 is 1.27 bits per heavy atom. The summed E-state index contributed by atoms with van der Waals surface area (Å²) in [6, 6.07) is 23.3. The largest absolute Gasteiger partial charge is 0.393 e. The molecule has 0 saturated carbocycles. The van der Waals surface area contributed by atoms with Crippen molar-refractivity contribution in [3.63, 3.8) is 0 Å². The Hall–Kier alpha value is -1.08. The maximum absolute atomic E-state index is 14.3. The lowest BCUT2D eigenvalue weighted by Gasteiger charge is -2.60. The van der Waals surface area contributed by atoms with E-state index in [1.807, 2.05) is 0 Å². The van der Waals surface area contributed by atoms with E-state index in [2.05, 4.69) is 198 Å². The van der Waals surface area contributed by atoms with Gasteiger partial charge in [-0.2, -0.15) is 0 Å². The Morgan fingerprint density at radius 2 is 0.917 bits per heavy atom. The Morgan fingerprint density at radius 1 is 0.550 bits per heavy atom. The van der Waals surface area contributed by atoms with Gasteiger partial charge in [-0.3, -0.25) is 9.59 Å². The van der Waals surface area contributed by atoms with Gasteiger partial charge >= 0.3 is 11.9 Å². The molecule has 12 heteroatoms. The van der Waals surface area contributed by atoms with Gasteiger partial charge in [0.25, 0.3) is 0 Å². The van der Waals surface area contributed by atoms with Crippen molar-refractivity contribution in [1.29, 1.82) is 0 Å². The minimum Gasteiger partial charge on any atom is -0.393 e. The van der Waals surface area contributed by atoms with Crippen LogP contribution in [-0.2, 0) is 23.8 Å². The summed E-state index contributed by atoms with van der Waals surface area (Å²) in [5, 5.41) is 1.99. The number of ether oxygens (including phenoxy) is 1. The molecule has 60 heavy (non-hydrogen) atoms. The topological polar surface area (TPSA) is 43.4 Å². The zero-order valence-electron chi connectivity index (χ0n) is 41.3. The van der Waals surface area contributed by atoms with Crippen molar-refractivity contribution in [1.82, 2.24) is 0 Å². The molecule has 2 atom stereocenters. The van der Waals surface area contributed by atoms with Crippen molar-refractivity contribution < 1.29 is 14.3 Å². The molecule has 326 valence electrons. The second-order valence-electron chi connectivity index (χ2n) is 26.2. The average Bonchev–Trinajstić information content (AvgIpc) is 3.34. The zero-order chi connectivity index (χ0) is 45.4. The third kappa shape index (κ3) is 7.51. The quantitative estimate of drug-likeness (QED) is 0.0786. The summed E-state index contributed by atoms with van der Waals surface area (Å²) in [5.74, 6) is -1.86. The van der Waals surface area contributed by atoms with E-state index in [1.165, 1.54) is 30.1 Å². The van der Waals surface area contributed by atoms with Crippen molar-refractivity contribution >= 4 is 89.5 Å². The second kappa shape index (κ2) is 15.3. The predicted molar refractivity (Wildman–Crippen MR) is 284 cm³/mol. The number of hydrogen-bond acceptors (Lipinski definition) is 3. The first kappa shape index (κ1) is 48.4.